The van der Waals surface area contributed by atoms with Crippen LogP contribution in [0.5, 0.6) is 0 Å². The number of fused-ring (bicyclic) bond motifs is 1. The van der Waals surface area contributed by atoms with Crippen molar-refractivity contribution in [3.8, 4) is 0 Å². The zero-order chi connectivity index (χ0) is 26.1. The first-order valence-electron chi connectivity index (χ1n) is 10.1. The molecule has 188 valence electrons. The lowest BCUT2D eigenvalue weighted by atomic mass is 9.91. The number of nitrogens with zero attached hydrogens (tertiary/aromatic N) is 1. The van der Waals surface area contributed by atoms with Gasteiger partial charge in [-0.2, -0.15) is 39.5 Å². The van der Waals surface area contributed by atoms with Gasteiger partial charge < -0.3 is 5.11 Å². The van der Waals surface area contributed by atoms with Gasteiger partial charge >= 0.3 is 23.9 Å². The molecule has 0 fully saturated rings. The van der Waals surface area contributed by atoms with Crippen LogP contribution in [0.15, 0.2) is 77.8 Å². The van der Waals surface area contributed by atoms with Gasteiger partial charge in [0.25, 0.3) is 0 Å². The molecule has 0 spiro atoms. The molecule has 0 saturated carbocycles. The fourth-order valence-corrected chi connectivity index (χ4v) is 3.46. The van der Waals surface area contributed by atoms with Gasteiger partial charge in [0.1, 0.15) is 6.10 Å². The van der Waals surface area contributed by atoms with Crippen molar-refractivity contribution in [2.45, 2.75) is 42.5 Å². The summed E-state index contributed by atoms with van der Waals surface area (Å²) in [4.78, 5) is 3.75. The SMILES string of the molecule is O[C@H]([C@H](Cc1ccccc1)N=Cc1cccc2ccccc12)C(F)(F)C(F)(F)C(F)(F)C(F)(F)F. The third kappa shape index (κ3) is 5.00. The maximum absolute atomic E-state index is 14.5. The standard InChI is InChI=1S/C24H18F9NO/c25-21(26,22(27,28)23(29,30)24(31,32)33)20(35)19(13-15-7-2-1-3-8-15)34-14-17-11-6-10-16-9-4-5-12-18(16)17/h1-12,14,19-20,35H,13H2/t19-,20+/m0/s1. The lowest BCUT2D eigenvalue weighted by Crippen LogP contribution is -2.66. The smallest absolute Gasteiger partial charge is 0.384 e. The summed E-state index contributed by atoms with van der Waals surface area (Å²) in [5.41, 5.74) is 0.525. The van der Waals surface area contributed by atoms with Gasteiger partial charge in [0.2, 0.25) is 0 Å². The van der Waals surface area contributed by atoms with Crippen molar-refractivity contribution in [3.05, 3.63) is 83.9 Å². The van der Waals surface area contributed by atoms with E-state index in [2.05, 4.69) is 4.99 Å². The summed E-state index contributed by atoms with van der Waals surface area (Å²) < 4.78 is 121. The molecule has 0 aliphatic rings. The Morgan fingerprint density at radius 3 is 1.91 bits per heavy atom. The summed E-state index contributed by atoms with van der Waals surface area (Å²) >= 11 is 0. The highest BCUT2D eigenvalue weighted by Gasteiger charge is 2.83. The Hall–Kier alpha value is -3.08. The Morgan fingerprint density at radius 2 is 1.29 bits per heavy atom. The van der Waals surface area contributed by atoms with Gasteiger partial charge in [0.05, 0.1) is 6.04 Å². The summed E-state index contributed by atoms with van der Waals surface area (Å²) in [5.74, 6) is -20.3. The monoisotopic (exact) mass is 507 g/mol. The number of benzene rings is 3. The van der Waals surface area contributed by atoms with Crippen molar-refractivity contribution in [3.63, 3.8) is 0 Å². The van der Waals surface area contributed by atoms with Gasteiger partial charge in [0.15, 0.2) is 0 Å². The molecule has 2 nitrogen and oxygen atoms in total. The maximum atomic E-state index is 14.5. The number of aliphatic hydroxyl groups is 1. The molecule has 3 rings (SSSR count). The lowest BCUT2D eigenvalue weighted by Gasteiger charge is -2.37. The molecule has 2 atom stereocenters. The summed E-state index contributed by atoms with van der Waals surface area (Å²) in [6.07, 6.45) is -10.3. The largest absolute Gasteiger partial charge is 0.460 e. The molecule has 3 aromatic rings. The summed E-state index contributed by atoms with van der Waals surface area (Å²) in [7, 11) is 0. The van der Waals surface area contributed by atoms with E-state index in [1.807, 2.05) is 0 Å². The second-order valence-corrected chi connectivity index (χ2v) is 7.82. The van der Waals surface area contributed by atoms with Crippen LogP contribution in [0.1, 0.15) is 11.1 Å². The summed E-state index contributed by atoms with van der Waals surface area (Å²) in [6.45, 7) is 0. The molecule has 11 heteroatoms. The van der Waals surface area contributed by atoms with Gasteiger partial charge in [-0.15, -0.1) is 0 Å². The van der Waals surface area contributed by atoms with Crippen LogP contribution >= 0.6 is 0 Å². The van der Waals surface area contributed by atoms with E-state index in [-0.39, 0.29) is 5.56 Å². The van der Waals surface area contributed by atoms with Crippen LogP contribution in [0.25, 0.3) is 10.8 Å². The Kier molecular flexibility index (Phi) is 7.21. The number of aliphatic imine (C=N–C) groups is 1. The third-order valence-electron chi connectivity index (χ3n) is 5.42. The zero-order valence-corrected chi connectivity index (χ0v) is 17.7. The molecule has 35 heavy (non-hydrogen) atoms. The Morgan fingerprint density at radius 1 is 0.714 bits per heavy atom. The Bertz CT molecular complexity index is 1170. The van der Waals surface area contributed by atoms with Crippen molar-refractivity contribution >= 4 is 17.0 Å². The van der Waals surface area contributed by atoms with Gasteiger partial charge in [-0.1, -0.05) is 72.8 Å². The van der Waals surface area contributed by atoms with E-state index in [0.29, 0.717) is 16.3 Å². The maximum Gasteiger partial charge on any atom is 0.460 e. The minimum Gasteiger partial charge on any atom is -0.384 e. The number of hydrogen-bond acceptors (Lipinski definition) is 2. The predicted octanol–water partition coefficient (Wildman–Crippen LogP) is 6.70. The van der Waals surface area contributed by atoms with Crippen LogP contribution in [0.2, 0.25) is 0 Å². The average molecular weight is 507 g/mol. The fourth-order valence-electron chi connectivity index (χ4n) is 3.46. The highest BCUT2D eigenvalue weighted by molar-refractivity contribution is 5.99. The molecule has 3 aromatic carbocycles. The minimum atomic E-state index is -7.11. The summed E-state index contributed by atoms with van der Waals surface area (Å²) in [6, 6.07) is 16.5. The van der Waals surface area contributed by atoms with E-state index < -0.39 is 42.5 Å². The number of rotatable bonds is 8. The highest BCUT2D eigenvalue weighted by Crippen LogP contribution is 2.54. The molecule has 1 N–H and O–H groups in total. The Balaban J connectivity index is 2.04. The second-order valence-electron chi connectivity index (χ2n) is 7.82. The molecule has 0 aliphatic carbocycles. The fraction of sp³-hybridized carbons (Fsp3) is 0.292. The Labute approximate surface area is 193 Å². The van der Waals surface area contributed by atoms with E-state index in [1.165, 1.54) is 30.3 Å². The normalized spacial score (nSPS) is 15.5. The van der Waals surface area contributed by atoms with Crippen molar-refractivity contribution in [1.29, 1.82) is 0 Å². The number of alkyl halides is 9. The van der Waals surface area contributed by atoms with Crippen molar-refractivity contribution in [2.75, 3.05) is 0 Å². The molecular weight excluding hydrogens is 489 g/mol. The first-order valence-corrected chi connectivity index (χ1v) is 10.1. The van der Waals surface area contributed by atoms with E-state index in [4.69, 9.17) is 0 Å². The van der Waals surface area contributed by atoms with Crippen molar-refractivity contribution in [2.24, 2.45) is 4.99 Å². The van der Waals surface area contributed by atoms with Crippen LogP contribution < -0.4 is 0 Å². The van der Waals surface area contributed by atoms with E-state index in [1.54, 1.807) is 42.5 Å². The molecular formula is C24H18F9NO. The first-order chi connectivity index (χ1) is 16.2. The van der Waals surface area contributed by atoms with Gasteiger partial charge in [-0.05, 0) is 22.8 Å². The van der Waals surface area contributed by atoms with Crippen LogP contribution in [0.4, 0.5) is 39.5 Å². The highest BCUT2D eigenvalue weighted by atomic mass is 19.4. The molecule has 0 amide bonds. The number of aliphatic hydroxyl groups excluding tert-OH is 1. The van der Waals surface area contributed by atoms with Gasteiger partial charge in [0, 0.05) is 11.8 Å². The minimum absolute atomic E-state index is 0.202. The second kappa shape index (κ2) is 9.52. The molecule has 0 aromatic heterocycles. The molecule has 0 saturated heterocycles. The first kappa shape index (κ1) is 26.5. The van der Waals surface area contributed by atoms with Crippen molar-refractivity contribution in [1.82, 2.24) is 0 Å². The van der Waals surface area contributed by atoms with Crippen LogP contribution in [0.3, 0.4) is 0 Å². The molecule has 0 heterocycles. The van der Waals surface area contributed by atoms with E-state index >= 15 is 0 Å². The topological polar surface area (TPSA) is 32.6 Å². The average Bonchev–Trinajstić information content (AvgIpc) is 2.81. The van der Waals surface area contributed by atoms with E-state index in [0.717, 1.165) is 6.21 Å². The molecule has 0 aliphatic heterocycles. The van der Waals surface area contributed by atoms with Gasteiger partial charge in [-0.3, -0.25) is 4.99 Å². The lowest BCUT2D eigenvalue weighted by molar-refractivity contribution is -0.406. The third-order valence-corrected chi connectivity index (χ3v) is 5.42. The molecule has 0 bridgehead atoms. The summed E-state index contributed by atoms with van der Waals surface area (Å²) in [5, 5.41) is 11.4. The van der Waals surface area contributed by atoms with Crippen LogP contribution in [-0.4, -0.2) is 47.4 Å². The zero-order valence-electron chi connectivity index (χ0n) is 17.7. The van der Waals surface area contributed by atoms with Gasteiger partial charge in [-0.25, -0.2) is 0 Å². The quantitative estimate of drug-likeness (QED) is 0.267. The van der Waals surface area contributed by atoms with E-state index in [9.17, 15) is 44.6 Å². The van der Waals surface area contributed by atoms with Crippen LogP contribution in [0, 0.1) is 0 Å². The number of halogens is 9. The molecule has 0 unspecified atom stereocenters. The van der Waals surface area contributed by atoms with Crippen LogP contribution in [-0.2, 0) is 6.42 Å². The van der Waals surface area contributed by atoms with Crippen molar-refractivity contribution < 1.29 is 44.6 Å². The number of hydrogen-bond donors (Lipinski definition) is 1. The predicted molar refractivity (Wildman–Crippen MR) is 112 cm³/mol. The molecule has 0 radical (unpaired) electrons.